The monoisotopic (exact) mass is 349 g/mol. The van der Waals surface area contributed by atoms with E-state index in [1.54, 1.807) is 12.3 Å². The molecule has 0 saturated heterocycles. The maximum Gasteiger partial charge on any atom is 0.270 e. The predicted octanol–water partition coefficient (Wildman–Crippen LogP) is 2.80. The van der Waals surface area contributed by atoms with Crippen molar-refractivity contribution in [3.63, 3.8) is 0 Å². The smallest absolute Gasteiger partial charge is 0.270 e. The van der Waals surface area contributed by atoms with Crippen LogP contribution >= 0.6 is 11.8 Å². The number of furan rings is 1. The maximum atomic E-state index is 11.1. The molecule has 9 heteroatoms. The summed E-state index contributed by atoms with van der Waals surface area (Å²) in [6.45, 7) is 0.768. The van der Waals surface area contributed by atoms with Gasteiger partial charge in [-0.2, -0.15) is 0 Å². The average molecular weight is 349 g/mol. The van der Waals surface area contributed by atoms with Crippen LogP contribution in [0, 0.1) is 10.1 Å². The van der Waals surface area contributed by atoms with Gasteiger partial charge < -0.3 is 19.6 Å². The Bertz CT molecular complexity index is 761. The molecule has 1 aliphatic heterocycles. The molecule has 0 saturated carbocycles. The Morgan fingerprint density at radius 3 is 3.08 bits per heavy atom. The molecule has 2 N–H and O–H groups in total. The number of amidine groups is 1. The van der Waals surface area contributed by atoms with E-state index in [4.69, 9.17) is 19.6 Å². The Morgan fingerprint density at radius 1 is 1.46 bits per heavy atom. The Morgan fingerprint density at radius 2 is 2.33 bits per heavy atom. The number of thioether (sulfide) groups is 1. The summed E-state index contributed by atoms with van der Waals surface area (Å²) < 4.78 is 15.8. The molecule has 2 heterocycles. The Balaban J connectivity index is 1.72. The van der Waals surface area contributed by atoms with Crippen LogP contribution in [0.3, 0.4) is 0 Å². The van der Waals surface area contributed by atoms with Gasteiger partial charge in [0.1, 0.15) is 11.5 Å². The molecular formula is C15H15N3O5S. The van der Waals surface area contributed by atoms with Crippen LogP contribution in [-0.4, -0.2) is 16.9 Å². The molecule has 0 unspecified atom stereocenters. The number of ether oxygens (including phenoxy) is 2. The zero-order valence-electron chi connectivity index (χ0n) is 12.6. The molecular weight excluding hydrogens is 334 g/mol. The van der Waals surface area contributed by atoms with E-state index >= 15 is 0 Å². The Kier molecular flexibility index (Phi) is 5.02. The molecule has 0 bridgehead atoms. The number of hydrogen-bond donors (Lipinski definition) is 1. The summed E-state index contributed by atoms with van der Waals surface area (Å²) >= 11 is 1.29. The topological polar surface area (TPSA) is 113 Å². The summed E-state index contributed by atoms with van der Waals surface area (Å²) in [5.41, 5.74) is 7.25. The highest BCUT2D eigenvalue weighted by molar-refractivity contribution is 8.13. The first-order valence-corrected chi connectivity index (χ1v) is 8.08. The molecule has 1 aromatic heterocycles. The highest BCUT2D eigenvalue weighted by Crippen LogP contribution is 2.34. The summed E-state index contributed by atoms with van der Waals surface area (Å²) in [5, 5.41) is 11.4. The van der Waals surface area contributed by atoms with Crippen molar-refractivity contribution in [2.45, 2.75) is 18.9 Å². The number of rotatable bonds is 5. The zero-order valence-corrected chi connectivity index (χ0v) is 13.5. The minimum absolute atomic E-state index is 0.00421. The number of non-ortho nitro benzene ring substituents is 1. The van der Waals surface area contributed by atoms with Crippen LogP contribution in [-0.2, 0) is 23.6 Å². The van der Waals surface area contributed by atoms with Gasteiger partial charge in [0.15, 0.2) is 12.0 Å². The van der Waals surface area contributed by atoms with Crippen molar-refractivity contribution in [2.75, 3.05) is 6.79 Å². The van der Waals surface area contributed by atoms with Crippen LogP contribution in [0.15, 0.2) is 39.9 Å². The molecule has 0 radical (unpaired) electrons. The van der Waals surface area contributed by atoms with Gasteiger partial charge in [0.25, 0.3) is 5.69 Å². The van der Waals surface area contributed by atoms with Crippen molar-refractivity contribution in [2.24, 2.45) is 10.7 Å². The van der Waals surface area contributed by atoms with Gasteiger partial charge in [0, 0.05) is 29.0 Å². The van der Waals surface area contributed by atoms with Crippen molar-refractivity contribution < 1.29 is 18.8 Å². The highest BCUT2D eigenvalue weighted by Gasteiger charge is 2.21. The number of nitrogens with zero attached hydrogens (tertiary/aromatic N) is 2. The standard InChI is InChI=1S/C15H15N3O5S/c16-15(17-6-13-2-1-3-22-13)24-8-11-5-12(18(19)20)4-10-7-21-9-23-14(10)11/h1-5H,6-9H2,(H2,16,17). The Labute approximate surface area is 141 Å². The summed E-state index contributed by atoms with van der Waals surface area (Å²) in [7, 11) is 0. The maximum absolute atomic E-state index is 11.1. The number of nitro groups is 1. The van der Waals surface area contributed by atoms with Gasteiger partial charge >= 0.3 is 0 Å². The van der Waals surface area contributed by atoms with Crippen molar-refractivity contribution in [1.82, 2.24) is 0 Å². The quantitative estimate of drug-likeness (QED) is 0.382. The lowest BCUT2D eigenvalue weighted by molar-refractivity contribution is -0.385. The molecule has 126 valence electrons. The lowest BCUT2D eigenvalue weighted by Crippen LogP contribution is -2.14. The van der Waals surface area contributed by atoms with E-state index in [1.165, 1.54) is 23.9 Å². The fourth-order valence-corrected chi connectivity index (χ4v) is 2.92. The number of nitro benzene ring substituents is 1. The first-order chi connectivity index (χ1) is 11.6. The molecule has 0 atom stereocenters. The van der Waals surface area contributed by atoms with Gasteiger partial charge in [-0.3, -0.25) is 15.1 Å². The lowest BCUT2D eigenvalue weighted by Gasteiger charge is -2.20. The number of nitrogens with two attached hydrogens (primary N) is 1. The normalized spacial score (nSPS) is 14.1. The van der Waals surface area contributed by atoms with Crippen molar-refractivity contribution in [3.8, 4) is 5.75 Å². The molecule has 3 rings (SSSR count). The third kappa shape index (κ3) is 3.87. The third-order valence-electron chi connectivity index (χ3n) is 3.33. The van der Waals surface area contributed by atoms with Gasteiger partial charge in [-0.15, -0.1) is 0 Å². The fraction of sp³-hybridized carbons (Fsp3) is 0.267. The van der Waals surface area contributed by atoms with E-state index in [2.05, 4.69) is 4.99 Å². The van der Waals surface area contributed by atoms with Crippen LogP contribution < -0.4 is 10.5 Å². The second-order valence-electron chi connectivity index (χ2n) is 4.98. The zero-order chi connectivity index (χ0) is 16.9. The van der Waals surface area contributed by atoms with Gasteiger partial charge in [-0.25, -0.2) is 0 Å². The van der Waals surface area contributed by atoms with Gasteiger partial charge in [0.05, 0.1) is 24.3 Å². The summed E-state index contributed by atoms with van der Waals surface area (Å²) in [4.78, 5) is 14.9. The lowest BCUT2D eigenvalue weighted by atomic mass is 10.1. The first-order valence-electron chi connectivity index (χ1n) is 7.09. The van der Waals surface area contributed by atoms with Crippen molar-refractivity contribution in [3.05, 3.63) is 57.5 Å². The summed E-state index contributed by atoms with van der Waals surface area (Å²) in [6.07, 6.45) is 1.57. The van der Waals surface area contributed by atoms with Crippen molar-refractivity contribution >= 4 is 22.6 Å². The molecule has 24 heavy (non-hydrogen) atoms. The molecule has 2 aromatic rings. The Hall–Kier alpha value is -2.52. The summed E-state index contributed by atoms with van der Waals surface area (Å²) in [5.74, 6) is 1.75. The van der Waals surface area contributed by atoms with E-state index in [0.717, 1.165) is 0 Å². The molecule has 8 nitrogen and oxygen atoms in total. The van der Waals surface area contributed by atoms with Crippen LogP contribution in [0.1, 0.15) is 16.9 Å². The highest BCUT2D eigenvalue weighted by atomic mass is 32.2. The molecule has 0 spiro atoms. The van der Waals surface area contributed by atoms with Crippen LogP contribution in [0.5, 0.6) is 5.75 Å². The number of benzene rings is 1. The second-order valence-corrected chi connectivity index (χ2v) is 5.98. The van der Waals surface area contributed by atoms with Crippen LogP contribution in [0.25, 0.3) is 0 Å². The van der Waals surface area contributed by atoms with Crippen LogP contribution in [0.2, 0.25) is 0 Å². The summed E-state index contributed by atoms with van der Waals surface area (Å²) in [6, 6.07) is 6.56. The molecule has 0 fully saturated rings. The second kappa shape index (κ2) is 7.37. The van der Waals surface area contributed by atoms with E-state index < -0.39 is 4.92 Å². The predicted molar refractivity (Wildman–Crippen MR) is 88.7 cm³/mol. The number of aliphatic imine (C=N–C) groups is 1. The average Bonchev–Trinajstić information content (AvgIpc) is 3.11. The minimum atomic E-state index is -0.433. The number of fused-ring (bicyclic) bond motifs is 1. The molecule has 0 amide bonds. The molecule has 0 aliphatic carbocycles. The third-order valence-corrected chi connectivity index (χ3v) is 4.21. The van der Waals surface area contributed by atoms with Gasteiger partial charge in [0.2, 0.25) is 0 Å². The van der Waals surface area contributed by atoms with Crippen molar-refractivity contribution in [1.29, 1.82) is 0 Å². The number of hydrogen-bond acceptors (Lipinski definition) is 7. The minimum Gasteiger partial charge on any atom is -0.467 e. The largest absolute Gasteiger partial charge is 0.467 e. The van der Waals surface area contributed by atoms with E-state index in [-0.39, 0.29) is 19.1 Å². The van der Waals surface area contributed by atoms with Crippen LogP contribution in [0.4, 0.5) is 5.69 Å². The van der Waals surface area contributed by atoms with E-state index in [0.29, 0.717) is 40.1 Å². The molecule has 1 aromatic carbocycles. The first kappa shape index (κ1) is 16.3. The van der Waals surface area contributed by atoms with E-state index in [9.17, 15) is 10.1 Å². The van der Waals surface area contributed by atoms with E-state index in [1.807, 2.05) is 6.07 Å². The fourth-order valence-electron chi connectivity index (χ4n) is 2.25. The molecule has 1 aliphatic rings. The van der Waals surface area contributed by atoms with Gasteiger partial charge in [-0.1, -0.05) is 11.8 Å². The SMILES string of the molecule is NC(=NCc1ccco1)SCc1cc([N+](=O)[O-])cc2c1OCOC2. The van der Waals surface area contributed by atoms with Gasteiger partial charge in [-0.05, 0) is 12.1 Å².